The van der Waals surface area contributed by atoms with E-state index in [0.29, 0.717) is 11.1 Å². The summed E-state index contributed by atoms with van der Waals surface area (Å²) in [5, 5.41) is 24.5. The van der Waals surface area contributed by atoms with Crippen LogP contribution in [0.25, 0.3) is 122 Å². The van der Waals surface area contributed by atoms with Gasteiger partial charge in [0, 0.05) is 21.5 Å². The molecule has 0 bridgehead atoms. The molecule has 2 heterocycles. The summed E-state index contributed by atoms with van der Waals surface area (Å²) in [6.45, 7) is 0. The highest BCUT2D eigenvalue weighted by atomic mass is 15.1. The molecule has 0 atom stereocenters. The molecule has 0 fully saturated rings. The summed E-state index contributed by atoms with van der Waals surface area (Å²) >= 11 is 0. The van der Waals surface area contributed by atoms with E-state index in [1.165, 1.54) is 0 Å². The number of nitrogens with zero attached hydrogens (tertiary/aromatic N) is 4. The lowest BCUT2D eigenvalue weighted by atomic mass is 9.92. The molecule has 2 aromatic heterocycles. The fourth-order valence-corrected chi connectivity index (χ4v) is 10.7. The summed E-state index contributed by atoms with van der Waals surface area (Å²) in [5.74, 6) is 0. The van der Waals surface area contributed by atoms with Gasteiger partial charge < -0.3 is 9.13 Å². The molecule has 0 aliphatic carbocycles. The minimum absolute atomic E-state index is 0.594. The molecule has 0 unspecified atom stereocenters. The second-order valence-corrected chi connectivity index (χ2v) is 18.3. The van der Waals surface area contributed by atoms with Gasteiger partial charge in [-0.05, 0) is 152 Å². The first kappa shape index (κ1) is 42.1. The van der Waals surface area contributed by atoms with E-state index in [-0.39, 0.29) is 0 Å². The van der Waals surface area contributed by atoms with E-state index in [9.17, 15) is 10.5 Å². The van der Waals surface area contributed by atoms with Gasteiger partial charge in [-0.3, -0.25) is 0 Å². The summed E-state index contributed by atoms with van der Waals surface area (Å²) in [5.41, 5.74) is 20.6. The van der Waals surface area contributed by atoms with Crippen LogP contribution in [0.2, 0.25) is 0 Å². The number of aromatic nitrogens is 2. The number of hydrogen-bond acceptors (Lipinski definition) is 2. The van der Waals surface area contributed by atoms with Crippen LogP contribution in [0, 0.1) is 22.7 Å². The Labute approximate surface area is 417 Å². The Morgan fingerprint density at radius 3 is 0.736 bits per heavy atom. The van der Waals surface area contributed by atoms with E-state index >= 15 is 0 Å². The van der Waals surface area contributed by atoms with Crippen LogP contribution in [-0.2, 0) is 0 Å². The van der Waals surface area contributed by atoms with Crippen molar-refractivity contribution in [2.24, 2.45) is 0 Å². The van der Waals surface area contributed by atoms with Crippen molar-refractivity contribution in [1.82, 2.24) is 9.13 Å². The predicted molar refractivity (Wildman–Crippen MR) is 297 cm³/mol. The molecule has 0 N–H and O–H groups in total. The van der Waals surface area contributed by atoms with Crippen molar-refractivity contribution in [2.75, 3.05) is 0 Å². The third-order valence-corrected chi connectivity index (χ3v) is 14.2. The van der Waals surface area contributed by atoms with Crippen LogP contribution in [0.3, 0.4) is 0 Å². The lowest BCUT2D eigenvalue weighted by Crippen LogP contribution is -2.05. The first-order valence-corrected chi connectivity index (χ1v) is 24.2. The second-order valence-electron chi connectivity index (χ2n) is 18.3. The number of hydrogen-bond donors (Lipinski definition) is 0. The van der Waals surface area contributed by atoms with Crippen molar-refractivity contribution < 1.29 is 0 Å². The van der Waals surface area contributed by atoms with Gasteiger partial charge in [-0.15, -0.1) is 0 Å². The Bertz CT molecular complexity index is 3810. The SMILES string of the molecule is N#Cc1ccc(-c2cc(-n3c4ccc(-c5ccccc5)cc4c4cc(-c5ccccc5)ccc43)c(-n3c4ccc(-c5ccccc5)cc4c4cc(-c5ccccc5)ccc43)cc2-c2ccc(C#N)cc2)cc1. The Balaban J connectivity index is 1.18. The lowest BCUT2D eigenvalue weighted by molar-refractivity contribution is 1.10. The minimum atomic E-state index is 0.594. The van der Waals surface area contributed by atoms with Crippen molar-refractivity contribution in [2.45, 2.75) is 0 Å². The van der Waals surface area contributed by atoms with Crippen LogP contribution in [0.1, 0.15) is 11.1 Å². The normalized spacial score (nSPS) is 11.3. The van der Waals surface area contributed by atoms with E-state index in [1.807, 2.05) is 48.5 Å². The molecule has 0 radical (unpaired) electrons. The highest BCUT2D eigenvalue weighted by Crippen LogP contribution is 2.46. The number of fused-ring (bicyclic) bond motifs is 6. The molecule has 11 aromatic carbocycles. The Kier molecular flexibility index (Phi) is 10.2. The van der Waals surface area contributed by atoms with Crippen molar-refractivity contribution in [3.63, 3.8) is 0 Å². The average Bonchev–Trinajstić information content (AvgIpc) is 3.96. The molecule has 0 spiro atoms. The second kappa shape index (κ2) is 17.5. The van der Waals surface area contributed by atoms with Gasteiger partial charge in [0.2, 0.25) is 0 Å². The van der Waals surface area contributed by atoms with E-state index in [2.05, 4.69) is 228 Å². The maximum absolute atomic E-state index is 9.93. The molecular formula is C68H42N4. The molecule has 0 aliphatic rings. The zero-order valence-electron chi connectivity index (χ0n) is 39.0. The third-order valence-electron chi connectivity index (χ3n) is 14.2. The van der Waals surface area contributed by atoms with Gasteiger partial charge in [0.05, 0.1) is 56.7 Å². The van der Waals surface area contributed by atoms with Gasteiger partial charge >= 0.3 is 0 Å². The fourth-order valence-electron chi connectivity index (χ4n) is 10.7. The van der Waals surface area contributed by atoms with Gasteiger partial charge in [0.15, 0.2) is 0 Å². The molecule has 0 saturated heterocycles. The smallest absolute Gasteiger partial charge is 0.0991 e. The quantitative estimate of drug-likeness (QED) is 0.152. The van der Waals surface area contributed by atoms with Gasteiger partial charge in [-0.2, -0.15) is 10.5 Å². The topological polar surface area (TPSA) is 57.4 Å². The largest absolute Gasteiger partial charge is 0.307 e. The van der Waals surface area contributed by atoms with Gasteiger partial charge in [-0.1, -0.05) is 170 Å². The lowest BCUT2D eigenvalue weighted by Gasteiger charge is -2.22. The highest BCUT2D eigenvalue weighted by molar-refractivity contribution is 6.14. The van der Waals surface area contributed by atoms with Crippen molar-refractivity contribution in [1.29, 1.82) is 10.5 Å². The minimum Gasteiger partial charge on any atom is -0.307 e. The van der Waals surface area contributed by atoms with Crippen LogP contribution in [-0.4, -0.2) is 9.13 Å². The van der Waals surface area contributed by atoms with Crippen LogP contribution in [0.15, 0.2) is 255 Å². The third kappa shape index (κ3) is 7.23. The molecule has 334 valence electrons. The van der Waals surface area contributed by atoms with Crippen molar-refractivity contribution in [3.05, 3.63) is 266 Å². The molecule has 0 amide bonds. The molecule has 4 nitrogen and oxygen atoms in total. The summed E-state index contributed by atoms with van der Waals surface area (Å²) in [7, 11) is 0. The standard InChI is InChI=1S/C68H42N4/c69-43-45-21-25-51(26-22-45)57-41-67(71-63-33-29-53(47-13-5-1-6-14-47)37-59(63)60-38-54(30-34-64(60)71)48-15-7-2-8-16-48)68(42-58(57)52-27-23-46(44-70)24-28-52)72-65-35-31-55(49-17-9-3-10-18-49)39-61(65)62-40-56(32-36-66(62)72)50-19-11-4-12-20-50/h1-42H. The van der Waals surface area contributed by atoms with Gasteiger partial charge in [0.1, 0.15) is 0 Å². The van der Waals surface area contributed by atoms with Crippen molar-refractivity contribution >= 4 is 43.6 Å². The van der Waals surface area contributed by atoms with E-state index < -0.39 is 0 Å². The van der Waals surface area contributed by atoms with Gasteiger partial charge in [-0.25, -0.2) is 0 Å². The van der Waals surface area contributed by atoms with Crippen LogP contribution in [0.5, 0.6) is 0 Å². The van der Waals surface area contributed by atoms with Crippen LogP contribution < -0.4 is 0 Å². The summed E-state index contributed by atoms with van der Waals surface area (Å²) in [4.78, 5) is 0. The summed E-state index contributed by atoms with van der Waals surface area (Å²) < 4.78 is 4.90. The molecular weight excluding hydrogens is 873 g/mol. The first-order chi connectivity index (χ1) is 35.6. The number of nitriles is 2. The fraction of sp³-hybridized carbons (Fsp3) is 0. The Morgan fingerprint density at radius 2 is 0.486 bits per heavy atom. The Morgan fingerprint density at radius 1 is 0.236 bits per heavy atom. The number of rotatable bonds is 8. The number of benzene rings is 11. The molecule has 13 rings (SSSR count). The molecule has 0 saturated carbocycles. The molecule has 4 heteroatoms. The van der Waals surface area contributed by atoms with Crippen LogP contribution >= 0.6 is 0 Å². The zero-order chi connectivity index (χ0) is 48.1. The maximum Gasteiger partial charge on any atom is 0.0991 e. The molecule has 72 heavy (non-hydrogen) atoms. The van der Waals surface area contributed by atoms with Crippen LogP contribution in [0.4, 0.5) is 0 Å². The highest BCUT2D eigenvalue weighted by Gasteiger charge is 2.24. The predicted octanol–water partition coefficient (Wildman–Crippen LogP) is 17.6. The summed E-state index contributed by atoms with van der Waals surface area (Å²) in [6, 6.07) is 95.0. The van der Waals surface area contributed by atoms with Crippen molar-refractivity contribution in [3.8, 4) is 90.3 Å². The zero-order valence-corrected chi connectivity index (χ0v) is 39.0. The summed E-state index contributed by atoms with van der Waals surface area (Å²) in [6.07, 6.45) is 0. The van der Waals surface area contributed by atoms with E-state index in [0.717, 1.165) is 122 Å². The Hall–Kier alpha value is -10.0. The molecule has 13 aromatic rings. The average molecular weight is 915 g/mol. The van der Waals surface area contributed by atoms with E-state index in [4.69, 9.17) is 0 Å². The van der Waals surface area contributed by atoms with E-state index in [1.54, 1.807) is 0 Å². The van der Waals surface area contributed by atoms with Gasteiger partial charge in [0.25, 0.3) is 0 Å². The maximum atomic E-state index is 9.93. The molecule has 0 aliphatic heterocycles. The first-order valence-electron chi connectivity index (χ1n) is 24.2. The monoisotopic (exact) mass is 914 g/mol.